The Morgan fingerprint density at radius 1 is 1.16 bits per heavy atom. The highest BCUT2D eigenvalue weighted by Crippen LogP contribution is 2.42. The van der Waals surface area contributed by atoms with E-state index < -0.39 is 0 Å². The molecule has 31 heavy (non-hydrogen) atoms. The van der Waals surface area contributed by atoms with E-state index in [0.29, 0.717) is 6.04 Å². The van der Waals surface area contributed by atoms with E-state index >= 15 is 0 Å². The van der Waals surface area contributed by atoms with Crippen LogP contribution in [0.3, 0.4) is 0 Å². The van der Waals surface area contributed by atoms with Gasteiger partial charge in [-0.3, -0.25) is 4.98 Å². The molecule has 0 bridgehead atoms. The SMILES string of the molecule is Cc1cc2c(cc1C#N)c(-c1cncc3c1CCC(C)(C)N3)cn2[C@H]1CC[C@H](O)CC1. The van der Waals surface area contributed by atoms with E-state index in [2.05, 4.69) is 47.0 Å². The topological polar surface area (TPSA) is 73.9 Å². The number of aromatic nitrogens is 2. The molecular formula is C26H30N4O. The molecule has 2 N–H and O–H groups in total. The van der Waals surface area contributed by atoms with Crippen LogP contribution in [0, 0.1) is 18.3 Å². The molecule has 5 rings (SSSR count). The Morgan fingerprint density at radius 2 is 1.94 bits per heavy atom. The van der Waals surface area contributed by atoms with Gasteiger partial charge in [0.05, 0.1) is 29.6 Å². The summed E-state index contributed by atoms with van der Waals surface area (Å²) in [5, 5.41) is 24.4. The summed E-state index contributed by atoms with van der Waals surface area (Å²) in [4.78, 5) is 4.57. The van der Waals surface area contributed by atoms with E-state index in [4.69, 9.17) is 0 Å². The third-order valence-electron chi connectivity index (χ3n) is 7.18. The smallest absolute Gasteiger partial charge is 0.0994 e. The van der Waals surface area contributed by atoms with Crippen LogP contribution in [0.5, 0.6) is 0 Å². The minimum atomic E-state index is -0.177. The van der Waals surface area contributed by atoms with Gasteiger partial charge in [0.15, 0.2) is 0 Å². The normalized spacial score (nSPS) is 22.5. The molecule has 1 fully saturated rings. The van der Waals surface area contributed by atoms with Gasteiger partial charge in [0, 0.05) is 46.0 Å². The van der Waals surface area contributed by atoms with E-state index in [0.717, 1.165) is 71.9 Å². The number of fused-ring (bicyclic) bond motifs is 2. The predicted octanol–water partition coefficient (Wildman–Crippen LogP) is 5.50. The van der Waals surface area contributed by atoms with Gasteiger partial charge >= 0.3 is 0 Å². The Kier molecular flexibility index (Phi) is 4.79. The highest BCUT2D eigenvalue weighted by molar-refractivity contribution is 5.99. The molecule has 5 nitrogen and oxygen atoms in total. The first kappa shape index (κ1) is 20.1. The summed E-state index contributed by atoms with van der Waals surface area (Å²) in [5.41, 5.74) is 7.71. The number of aryl methyl sites for hydroxylation is 1. The standard InChI is InChI=1S/C26H30N4O/c1-16-10-25-21(11-17(16)12-27)23(15-30(25)18-4-6-19(31)7-5-18)22-13-28-14-24-20(22)8-9-26(2,3)29-24/h10-11,13-15,18-19,29,31H,4-9H2,1-3H3/t18-,19-. The van der Waals surface area contributed by atoms with Crippen LogP contribution in [0.25, 0.3) is 22.0 Å². The molecule has 0 amide bonds. The molecule has 3 aromatic rings. The Bertz CT molecular complexity index is 1190. The van der Waals surface area contributed by atoms with E-state index in [9.17, 15) is 10.4 Å². The molecule has 0 radical (unpaired) electrons. The highest BCUT2D eigenvalue weighted by atomic mass is 16.3. The molecule has 0 saturated heterocycles. The van der Waals surface area contributed by atoms with Crippen LogP contribution in [0.1, 0.15) is 68.7 Å². The number of rotatable bonds is 2. The molecule has 3 heterocycles. The Morgan fingerprint density at radius 3 is 2.68 bits per heavy atom. The molecule has 0 atom stereocenters. The number of nitriles is 1. The third-order valence-corrected chi connectivity index (χ3v) is 7.18. The van der Waals surface area contributed by atoms with E-state index in [-0.39, 0.29) is 11.6 Å². The van der Waals surface area contributed by atoms with Gasteiger partial charge in [-0.25, -0.2) is 0 Å². The van der Waals surface area contributed by atoms with Gasteiger partial charge in [0.2, 0.25) is 0 Å². The summed E-state index contributed by atoms with van der Waals surface area (Å²) >= 11 is 0. The number of nitrogens with one attached hydrogen (secondary N) is 1. The van der Waals surface area contributed by atoms with Crippen molar-refractivity contribution in [3.05, 3.63) is 47.4 Å². The fourth-order valence-corrected chi connectivity index (χ4v) is 5.33. The minimum Gasteiger partial charge on any atom is -0.393 e. The van der Waals surface area contributed by atoms with Crippen molar-refractivity contribution < 1.29 is 5.11 Å². The highest BCUT2D eigenvalue weighted by Gasteiger charge is 2.28. The van der Waals surface area contributed by atoms with Gasteiger partial charge in [0.1, 0.15) is 0 Å². The second kappa shape index (κ2) is 7.39. The van der Waals surface area contributed by atoms with E-state index in [1.807, 2.05) is 25.4 Å². The lowest BCUT2D eigenvalue weighted by molar-refractivity contribution is 0.111. The first-order chi connectivity index (χ1) is 14.9. The van der Waals surface area contributed by atoms with Gasteiger partial charge < -0.3 is 15.0 Å². The lowest BCUT2D eigenvalue weighted by atomic mass is 9.86. The summed E-state index contributed by atoms with van der Waals surface area (Å²) in [7, 11) is 0. The maximum atomic E-state index is 10.00. The fourth-order valence-electron chi connectivity index (χ4n) is 5.33. The number of hydrogen-bond donors (Lipinski definition) is 2. The molecular weight excluding hydrogens is 384 g/mol. The van der Waals surface area contributed by atoms with Crippen LogP contribution < -0.4 is 5.32 Å². The second-order valence-electron chi connectivity index (χ2n) is 9.93. The minimum absolute atomic E-state index is 0.0648. The average Bonchev–Trinajstić information content (AvgIpc) is 3.10. The number of pyridine rings is 1. The Hall–Kier alpha value is -2.84. The maximum Gasteiger partial charge on any atom is 0.0994 e. The quantitative estimate of drug-likeness (QED) is 0.581. The molecule has 2 aliphatic rings. The summed E-state index contributed by atoms with van der Waals surface area (Å²) in [6.07, 6.45) is 11.7. The van der Waals surface area contributed by atoms with Crippen molar-refractivity contribution in [1.29, 1.82) is 5.26 Å². The molecule has 0 spiro atoms. The zero-order chi connectivity index (χ0) is 21.8. The van der Waals surface area contributed by atoms with Gasteiger partial charge in [0.25, 0.3) is 0 Å². The van der Waals surface area contributed by atoms with Crippen LogP contribution in [0.15, 0.2) is 30.7 Å². The van der Waals surface area contributed by atoms with Crippen molar-refractivity contribution in [2.75, 3.05) is 5.32 Å². The van der Waals surface area contributed by atoms with Crippen LogP contribution in [0.2, 0.25) is 0 Å². The zero-order valence-electron chi connectivity index (χ0n) is 18.6. The number of aliphatic hydroxyl groups is 1. The number of nitrogens with zero attached hydrogens (tertiary/aromatic N) is 3. The van der Waals surface area contributed by atoms with Crippen molar-refractivity contribution in [2.45, 2.75) is 77.0 Å². The van der Waals surface area contributed by atoms with Gasteiger partial charge in [-0.2, -0.15) is 5.26 Å². The summed E-state index contributed by atoms with van der Waals surface area (Å²) in [6.45, 7) is 6.47. The number of hydrogen-bond acceptors (Lipinski definition) is 4. The van der Waals surface area contributed by atoms with Crippen LogP contribution in [-0.2, 0) is 6.42 Å². The maximum absolute atomic E-state index is 10.00. The molecule has 1 aromatic carbocycles. The van der Waals surface area contributed by atoms with Crippen molar-refractivity contribution in [1.82, 2.24) is 9.55 Å². The van der Waals surface area contributed by atoms with Gasteiger partial charge in [-0.1, -0.05) is 0 Å². The molecule has 0 unspecified atom stereocenters. The lowest BCUT2D eigenvalue weighted by Gasteiger charge is -2.34. The Labute approximate surface area is 183 Å². The lowest BCUT2D eigenvalue weighted by Crippen LogP contribution is -2.35. The van der Waals surface area contributed by atoms with Crippen molar-refractivity contribution in [3.8, 4) is 17.2 Å². The summed E-state index contributed by atoms with van der Waals surface area (Å²) in [6, 6.07) is 6.94. The van der Waals surface area contributed by atoms with Crippen molar-refractivity contribution >= 4 is 16.6 Å². The molecule has 1 aliphatic heterocycles. The van der Waals surface area contributed by atoms with Crippen LogP contribution in [-0.4, -0.2) is 26.3 Å². The largest absolute Gasteiger partial charge is 0.393 e. The van der Waals surface area contributed by atoms with E-state index in [1.165, 1.54) is 11.1 Å². The Balaban J connectivity index is 1.70. The fraction of sp³-hybridized carbons (Fsp3) is 0.462. The van der Waals surface area contributed by atoms with Crippen LogP contribution in [0.4, 0.5) is 5.69 Å². The first-order valence-electron chi connectivity index (χ1n) is 11.3. The molecule has 1 aliphatic carbocycles. The molecule has 160 valence electrons. The number of benzene rings is 1. The van der Waals surface area contributed by atoms with Crippen LogP contribution >= 0.6 is 0 Å². The predicted molar refractivity (Wildman–Crippen MR) is 124 cm³/mol. The third kappa shape index (κ3) is 3.49. The van der Waals surface area contributed by atoms with E-state index in [1.54, 1.807) is 0 Å². The van der Waals surface area contributed by atoms with Gasteiger partial charge in [-0.05, 0) is 82.6 Å². The number of aliphatic hydroxyl groups excluding tert-OH is 1. The zero-order valence-corrected chi connectivity index (χ0v) is 18.6. The monoisotopic (exact) mass is 414 g/mol. The molecule has 5 heteroatoms. The second-order valence-corrected chi connectivity index (χ2v) is 9.93. The van der Waals surface area contributed by atoms with Gasteiger partial charge in [-0.15, -0.1) is 0 Å². The van der Waals surface area contributed by atoms with Crippen molar-refractivity contribution in [3.63, 3.8) is 0 Å². The average molecular weight is 415 g/mol. The summed E-state index contributed by atoms with van der Waals surface area (Å²) < 4.78 is 2.39. The molecule has 1 saturated carbocycles. The molecule has 2 aromatic heterocycles. The van der Waals surface area contributed by atoms with Crippen molar-refractivity contribution in [2.24, 2.45) is 0 Å². The number of anilines is 1. The summed E-state index contributed by atoms with van der Waals surface area (Å²) in [5.74, 6) is 0. The first-order valence-corrected chi connectivity index (χ1v) is 11.3.